The molecule has 1 amide bonds. The minimum atomic E-state index is -4.76. The smallest absolute Gasteiger partial charge is 0.406 e. The first-order valence-corrected chi connectivity index (χ1v) is 14.9. The number of aliphatic imine (C=N–C) groups is 1. The summed E-state index contributed by atoms with van der Waals surface area (Å²) in [4.78, 5) is 23.2. The molecule has 0 bridgehead atoms. The van der Waals surface area contributed by atoms with Crippen LogP contribution in [0.3, 0.4) is 0 Å². The largest absolute Gasteiger partial charge is 0.573 e. The molecule has 1 fully saturated rings. The van der Waals surface area contributed by atoms with Crippen molar-refractivity contribution in [2.45, 2.75) is 45.8 Å². The number of ether oxygens (including phenoxy) is 1. The van der Waals surface area contributed by atoms with Gasteiger partial charge >= 0.3 is 6.36 Å². The molecule has 230 valence electrons. The zero-order valence-corrected chi connectivity index (χ0v) is 25.1. The molecule has 44 heavy (non-hydrogen) atoms. The number of amides is 1. The molecule has 3 aromatic carbocycles. The van der Waals surface area contributed by atoms with Crippen LogP contribution in [-0.4, -0.2) is 56.0 Å². The van der Waals surface area contributed by atoms with E-state index in [0.717, 1.165) is 27.9 Å². The van der Waals surface area contributed by atoms with E-state index in [1.54, 1.807) is 4.90 Å². The van der Waals surface area contributed by atoms with Crippen LogP contribution in [0.2, 0.25) is 0 Å². The summed E-state index contributed by atoms with van der Waals surface area (Å²) >= 11 is 1.30. The lowest BCUT2D eigenvalue weighted by Crippen LogP contribution is -2.35. The number of halogens is 3. The van der Waals surface area contributed by atoms with Crippen LogP contribution in [0.25, 0.3) is 17.1 Å². The number of aryl methyl sites for hydroxylation is 1. The molecule has 0 saturated carbocycles. The van der Waals surface area contributed by atoms with Gasteiger partial charge in [-0.3, -0.25) is 15.0 Å². The lowest BCUT2D eigenvalue weighted by Gasteiger charge is -2.23. The summed E-state index contributed by atoms with van der Waals surface area (Å²) in [7, 11) is 0. The van der Waals surface area contributed by atoms with Gasteiger partial charge in [-0.1, -0.05) is 55.9 Å². The number of hydrogen-bond acceptors (Lipinski definition) is 8. The first-order valence-electron chi connectivity index (χ1n) is 13.9. The fourth-order valence-corrected chi connectivity index (χ4v) is 5.60. The molecule has 1 atom stereocenters. The van der Waals surface area contributed by atoms with Gasteiger partial charge in [0.15, 0.2) is 11.0 Å². The van der Waals surface area contributed by atoms with Crippen LogP contribution in [-0.2, 0) is 11.2 Å². The quantitative estimate of drug-likeness (QED) is 0.215. The number of rotatable bonds is 10. The Labute approximate surface area is 256 Å². The minimum Gasteiger partial charge on any atom is -0.406 e. The Morgan fingerprint density at radius 1 is 1.11 bits per heavy atom. The van der Waals surface area contributed by atoms with Gasteiger partial charge in [-0.25, -0.2) is 14.7 Å². The van der Waals surface area contributed by atoms with Crippen LogP contribution in [0.4, 0.5) is 18.9 Å². The second-order valence-corrected chi connectivity index (χ2v) is 11.4. The van der Waals surface area contributed by atoms with Gasteiger partial charge < -0.3 is 9.84 Å². The van der Waals surface area contributed by atoms with Crippen molar-refractivity contribution in [1.29, 1.82) is 0 Å². The third kappa shape index (κ3) is 7.65. The van der Waals surface area contributed by atoms with Crippen molar-refractivity contribution in [3.05, 3.63) is 89.7 Å². The monoisotopic (exact) mass is 624 g/mol. The summed E-state index contributed by atoms with van der Waals surface area (Å²) in [6, 6.07) is 19.0. The van der Waals surface area contributed by atoms with Crippen LogP contribution >= 0.6 is 11.8 Å². The Hall–Kier alpha value is -4.20. The van der Waals surface area contributed by atoms with Gasteiger partial charge in [0.05, 0.1) is 17.1 Å². The lowest BCUT2D eigenvalue weighted by molar-refractivity contribution is -0.274. The molecule has 0 spiro atoms. The molecule has 9 nitrogen and oxygen atoms in total. The number of alkyl halides is 3. The summed E-state index contributed by atoms with van der Waals surface area (Å²) in [5.41, 5.74) is 5.11. The summed E-state index contributed by atoms with van der Waals surface area (Å²) in [5, 5.41) is 18.6. The van der Waals surface area contributed by atoms with Crippen LogP contribution in [0, 0.1) is 6.92 Å². The molecule has 1 aromatic heterocycles. The number of aromatic nitrogens is 3. The topological polar surface area (TPSA) is 105 Å². The highest BCUT2D eigenvalue weighted by Gasteiger charge is 2.32. The van der Waals surface area contributed by atoms with E-state index in [-0.39, 0.29) is 23.3 Å². The van der Waals surface area contributed by atoms with E-state index in [0.29, 0.717) is 29.6 Å². The van der Waals surface area contributed by atoms with Crippen molar-refractivity contribution in [3.8, 4) is 22.8 Å². The third-order valence-electron chi connectivity index (χ3n) is 6.80. The molecule has 1 aliphatic rings. The number of aliphatic hydroxyl groups is 1. The molecule has 0 aliphatic carbocycles. The fraction of sp³-hybridized carbons (Fsp3) is 0.290. The molecule has 1 unspecified atom stereocenters. The number of amidine groups is 1. The maximum absolute atomic E-state index is 12.8. The number of carbonyl (C=O) groups excluding carboxylic acids is 1. The molecule has 2 N–H and O–H groups in total. The van der Waals surface area contributed by atoms with Gasteiger partial charge in [0.25, 0.3) is 0 Å². The van der Waals surface area contributed by atoms with Crippen molar-refractivity contribution in [2.75, 3.05) is 17.2 Å². The van der Waals surface area contributed by atoms with Crippen molar-refractivity contribution < 1.29 is 27.8 Å². The first-order chi connectivity index (χ1) is 21.0. The standard InChI is InChI=1S/C31H31F3N6O3S/c1-19(2)25-12-7-20(3)15-26(25)40-27(41)17-44-30(40)37-29(42)35-14-13-21-5-4-6-22(16-21)28-36-18-39(38-28)23-8-10-24(11-9-23)43-31(32,33)34/h4-12,15-16,18-19,29,35,42H,13-14,17H2,1-3H3/b37-30-. The zero-order chi connectivity index (χ0) is 31.4. The SMILES string of the molecule is Cc1ccc(C(C)C)c(N2C(=O)CS/C2=N\C(O)NCCc2cccc(-c3ncn(-c4ccc(OC(F)(F)F)cc4)n3)c2)c1. The van der Waals surface area contributed by atoms with Crippen LogP contribution in [0.1, 0.15) is 36.5 Å². The predicted octanol–water partition coefficient (Wildman–Crippen LogP) is 5.81. The van der Waals surface area contributed by atoms with Gasteiger partial charge in [0.1, 0.15) is 12.1 Å². The number of aliphatic hydroxyl groups excluding tert-OH is 1. The normalized spacial score (nSPS) is 15.4. The Morgan fingerprint density at radius 3 is 2.61 bits per heavy atom. The van der Waals surface area contributed by atoms with Crippen molar-refractivity contribution in [3.63, 3.8) is 0 Å². The Balaban J connectivity index is 1.21. The van der Waals surface area contributed by atoms with E-state index in [1.165, 1.54) is 47.0 Å². The number of benzene rings is 3. The molecular formula is C31H31F3N6O3S. The number of hydrogen-bond donors (Lipinski definition) is 2. The van der Waals surface area contributed by atoms with E-state index in [9.17, 15) is 23.1 Å². The molecular weight excluding hydrogens is 593 g/mol. The van der Waals surface area contributed by atoms with Gasteiger partial charge in [-0.2, -0.15) is 0 Å². The molecule has 0 radical (unpaired) electrons. The van der Waals surface area contributed by atoms with Crippen LogP contribution < -0.4 is 15.0 Å². The minimum absolute atomic E-state index is 0.0752. The number of carbonyl (C=O) groups is 1. The predicted molar refractivity (Wildman–Crippen MR) is 164 cm³/mol. The second kappa shape index (κ2) is 13.2. The maximum Gasteiger partial charge on any atom is 0.573 e. The van der Waals surface area contributed by atoms with Gasteiger partial charge in [0, 0.05) is 12.1 Å². The number of nitrogens with one attached hydrogen (secondary N) is 1. The molecule has 5 rings (SSSR count). The molecule has 1 aliphatic heterocycles. The van der Waals surface area contributed by atoms with E-state index < -0.39 is 12.7 Å². The molecule has 13 heteroatoms. The van der Waals surface area contributed by atoms with Gasteiger partial charge in [-0.05, 0) is 72.4 Å². The summed E-state index contributed by atoms with van der Waals surface area (Å²) < 4.78 is 42.7. The van der Waals surface area contributed by atoms with E-state index in [1.807, 2.05) is 49.4 Å². The van der Waals surface area contributed by atoms with Crippen LogP contribution in [0.5, 0.6) is 5.75 Å². The van der Waals surface area contributed by atoms with Crippen molar-refractivity contribution in [1.82, 2.24) is 20.1 Å². The highest BCUT2D eigenvalue weighted by molar-refractivity contribution is 8.15. The molecule has 1 saturated heterocycles. The summed E-state index contributed by atoms with van der Waals surface area (Å²) in [6.07, 6.45) is -3.91. The summed E-state index contributed by atoms with van der Waals surface area (Å²) in [5.74, 6) is 0.515. The van der Waals surface area contributed by atoms with Crippen molar-refractivity contribution in [2.24, 2.45) is 4.99 Å². The maximum atomic E-state index is 12.8. The average molecular weight is 625 g/mol. The Kier molecular flexibility index (Phi) is 9.37. The number of anilines is 1. The zero-order valence-electron chi connectivity index (χ0n) is 24.2. The Morgan fingerprint density at radius 2 is 1.89 bits per heavy atom. The van der Waals surface area contributed by atoms with Crippen molar-refractivity contribution >= 4 is 28.5 Å². The highest BCUT2D eigenvalue weighted by Crippen LogP contribution is 2.34. The third-order valence-corrected chi connectivity index (χ3v) is 7.74. The fourth-order valence-electron chi connectivity index (χ4n) is 4.71. The average Bonchev–Trinajstić information content (AvgIpc) is 3.60. The Bertz CT molecular complexity index is 1660. The molecule has 2 heterocycles. The number of thioether (sulfide) groups is 1. The highest BCUT2D eigenvalue weighted by atomic mass is 32.2. The first kappa shape index (κ1) is 31.2. The lowest BCUT2D eigenvalue weighted by atomic mass is 9.99. The molecule has 4 aromatic rings. The van der Waals surface area contributed by atoms with E-state index in [4.69, 9.17) is 0 Å². The van der Waals surface area contributed by atoms with Gasteiger partial charge in [0.2, 0.25) is 12.3 Å². The summed E-state index contributed by atoms with van der Waals surface area (Å²) in [6.45, 7) is 6.54. The van der Waals surface area contributed by atoms with E-state index in [2.05, 4.69) is 39.0 Å². The second-order valence-electron chi connectivity index (χ2n) is 10.5. The van der Waals surface area contributed by atoms with Crippen LogP contribution in [0.15, 0.2) is 78.0 Å². The number of nitrogens with zero attached hydrogens (tertiary/aromatic N) is 5. The van der Waals surface area contributed by atoms with Gasteiger partial charge in [-0.15, -0.1) is 18.3 Å². The van der Waals surface area contributed by atoms with E-state index >= 15 is 0 Å².